The van der Waals surface area contributed by atoms with E-state index in [9.17, 15) is 0 Å². The highest BCUT2D eigenvalue weighted by molar-refractivity contribution is 6.17. The van der Waals surface area contributed by atoms with E-state index in [0.29, 0.717) is 0 Å². The molecule has 0 saturated carbocycles. The van der Waals surface area contributed by atoms with Gasteiger partial charge in [-0.15, -0.1) is 0 Å². The first kappa shape index (κ1) is 32.0. The van der Waals surface area contributed by atoms with Crippen LogP contribution in [0, 0.1) is 0 Å². The Morgan fingerprint density at radius 2 is 0.857 bits per heavy atom. The fourth-order valence-corrected chi connectivity index (χ4v) is 8.68. The van der Waals surface area contributed by atoms with Crippen molar-refractivity contribution < 1.29 is 4.42 Å². The predicted octanol–water partition coefficient (Wildman–Crippen LogP) is 15.5. The van der Waals surface area contributed by atoms with Crippen molar-refractivity contribution in [2.75, 3.05) is 4.90 Å². The molecule has 0 radical (unpaired) electrons. The zero-order chi connectivity index (χ0) is 37.0. The first-order valence-electron chi connectivity index (χ1n) is 19.2. The van der Waals surface area contributed by atoms with E-state index in [2.05, 4.69) is 211 Å². The fourth-order valence-electron chi connectivity index (χ4n) is 8.68. The van der Waals surface area contributed by atoms with E-state index in [1.165, 1.54) is 43.4 Å². The Morgan fingerprint density at radius 1 is 0.304 bits per heavy atom. The molecule has 262 valence electrons. The van der Waals surface area contributed by atoms with E-state index in [-0.39, 0.29) is 0 Å². The highest BCUT2D eigenvalue weighted by Gasteiger charge is 2.21. The van der Waals surface area contributed by atoms with Gasteiger partial charge in [-0.05, 0) is 85.8 Å². The third-order valence-electron chi connectivity index (χ3n) is 11.3. The van der Waals surface area contributed by atoms with E-state index in [4.69, 9.17) is 4.42 Å². The molecule has 0 aliphatic carbocycles. The van der Waals surface area contributed by atoms with E-state index < -0.39 is 0 Å². The molecule has 0 unspecified atom stereocenters. The molecule has 0 aliphatic heterocycles. The van der Waals surface area contributed by atoms with Gasteiger partial charge in [0.2, 0.25) is 0 Å². The van der Waals surface area contributed by atoms with Crippen LogP contribution in [0.2, 0.25) is 0 Å². The van der Waals surface area contributed by atoms with Crippen molar-refractivity contribution in [3.63, 3.8) is 0 Å². The smallest absolute Gasteiger partial charge is 0.143 e. The zero-order valence-corrected chi connectivity index (χ0v) is 30.6. The first-order chi connectivity index (χ1) is 27.8. The van der Waals surface area contributed by atoms with Gasteiger partial charge in [0.05, 0.1) is 11.4 Å². The monoisotopic (exact) mass is 713 g/mol. The van der Waals surface area contributed by atoms with Gasteiger partial charge in [-0.3, -0.25) is 0 Å². The standard InChI is InChI=1S/C54H35NO/c1-3-14-36(15-4-1)42-34-35-51(47-21-10-9-20-45(42)47)55(50-24-13-23-46-41-19-8-7-18-38(41)28-31-48(46)50)40-29-26-39(27-30-40)43-32-33-44(37-16-5-2-6-17-37)54-53(43)49-22-11-12-25-52(49)56-54/h1-35H. The lowest BCUT2D eigenvalue weighted by molar-refractivity contribution is 0.670. The van der Waals surface area contributed by atoms with Crippen LogP contribution in [-0.4, -0.2) is 0 Å². The van der Waals surface area contributed by atoms with Gasteiger partial charge in [-0.2, -0.15) is 0 Å². The number of furan rings is 1. The van der Waals surface area contributed by atoms with Crippen molar-refractivity contribution in [1.82, 2.24) is 0 Å². The molecule has 2 nitrogen and oxygen atoms in total. The molecule has 1 aromatic heterocycles. The Hall–Kier alpha value is -7.42. The molecule has 10 aromatic carbocycles. The lowest BCUT2D eigenvalue weighted by atomic mass is 9.94. The van der Waals surface area contributed by atoms with Gasteiger partial charge in [0.15, 0.2) is 0 Å². The second-order valence-electron chi connectivity index (χ2n) is 14.4. The number of rotatable bonds is 6. The highest BCUT2D eigenvalue weighted by Crippen LogP contribution is 2.46. The second-order valence-corrected chi connectivity index (χ2v) is 14.4. The van der Waals surface area contributed by atoms with Crippen LogP contribution in [0.1, 0.15) is 0 Å². The Labute approximate surface area is 325 Å². The number of hydrogen-bond acceptors (Lipinski definition) is 2. The van der Waals surface area contributed by atoms with Crippen LogP contribution in [0.4, 0.5) is 17.1 Å². The van der Waals surface area contributed by atoms with Gasteiger partial charge >= 0.3 is 0 Å². The Bertz CT molecular complexity index is 3230. The fraction of sp³-hybridized carbons (Fsp3) is 0. The lowest BCUT2D eigenvalue weighted by Gasteiger charge is -2.29. The third-order valence-corrected chi connectivity index (χ3v) is 11.3. The number of hydrogen-bond donors (Lipinski definition) is 0. The minimum Gasteiger partial charge on any atom is -0.455 e. The molecule has 11 aromatic rings. The van der Waals surface area contributed by atoms with Crippen LogP contribution in [0.25, 0.3) is 87.6 Å². The first-order valence-corrected chi connectivity index (χ1v) is 19.2. The maximum Gasteiger partial charge on any atom is 0.143 e. The molecule has 2 heteroatoms. The normalized spacial score (nSPS) is 11.6. The van der Waals surface area contributed by atoms with Crippen molar-refractivity contribution in [2.45, 2.75) is 0 Å². The molecule has 0 atom stereocenters. The van der Waals surface area contributed by atoms with Gasteiger partial charge in [0, 0.05) is 32.8 Å². The molecule has 0 N–H and O–H groups in total. The number of benzene rings is 10. The summed E-state index contributed by atoms with van der Waals surface area (Å²) in [7, 11) is 0. The van der Waals surface area contributed by atoms with Crippen LogP contribution >= 0.6 is 0 Å². The van der Waals surface area contributed by atoms with Crippen LogP contribution in [0.3, 0.4) is 0 Å². The zero-order valence-electron chi connectivity index (χ0n) is 30.6. The van der Waals surface area contributed by atoms with Crippen LogP contribution in [-0.2, 0) is 0 Å². The summed E-state index contributed by atoms with van der Waals surface area (Å²) in [5.41, 5.74) is 12.1. The molecule has 0 bridgehead atoms. The molecule has 0 aliphatic rings. The number of fused-ring (bicyclic) bond motifs is 7. The van der Waals surface area contributed by atoms with Crippen LogP contribution in [0.5, 0.6) is 0 Å². The molecular formula is C54H35NO. The van der Waals surface area contributed by atoms with Gasteiger partial charge < -0.3 is 9.32 Å². The summed E-state index contributed by atoms with van der Waals surface area (Å²) < 4.78 is 6.62. The molecule has 11 rings (SSSR count). The van der Waals surface area contributed by atoms with E-state index in [1.54, 1.807) is 0 Å². The minimum absolute atomic E-state index is 0.893. The van der Waals surface area contributed by atoms with Crippen molar-refractivity contribution >= 4 is 71.3 Å². The van der Waals surface area contributed by atoms with Gasteiger partial charge in [0.25, 0.3) is 0 Å². The molecule has 0 saturated heterocycles. The predicted molar refractivity (Wildman–Crippen MR) is 237 cm³/mol. The summed E-state index contributed by atoms with van der Waals surface area (Å²) in [6, 6.07) is 76.4. The Balaban J connectivity index is 1.13. The lowest BCUT2D eigenvalue weighted by Crippen LogP contribution is -2.11. The van der Waals surface area contributed by atoms with Crippen LogP contribution in [0.15, 0.2) is 217 Å². The number of nitrogens with zero attached hydrogens (tertiary/aromatic N) is 1. The minimum atomic E-state index is 0.893. The average Bonchev–Trinajstić information content (AvgIpc) is 3.67. The summed E-state index contributed by atoms with van der Waals surface area (Å²) in [5, 5.41) is 9.59. The van der Waals surface area contributed by atoms with Crippen molar-refractivity contribution in [3.8, 4) is 33.4 Å². The number of anilines is 3. The maximum atomic E-state index is 6.62. The van der Waals surface area contributed by atoms with Crippen molar-refractivity contribution in [2.24, 2.45) is 0 Å². The van der Waals surface area contributed by atoms with E-state index >= 15 is 0 Å². The molecule has 56 heavy (non-hydrogen) atoms. The quantitative estimate of drug-likeness (QED) is 0.160. The Morgan fingerprint density at radius 3 is 1.64 bits per heavy atom. The summed E-state index contributed by atoms with van der Waals surface area (Å²) in [4.78, 5) is 2.44. The summed E-state index contributed by atoms with van der Waals surface area (Å²) >= 11 is 0. The Kier molecular flexibility index (Phi) is 7.53. The molecule has 0 amide bonds. The molecule has 1 heterocycles. The van der Waals surface area contributed by atoms with Gasteiger partial charge in [-0.1, -0.05) is 176 Å². The summed E-state index contributed by atoms with van der Waals surface area (Å²) in [6.45, 7) is 0. The van der Waals surface area contributed by atoms with Crippen molar-refractivity contribution in [1.29, 1.82) is 0 Å². The third kappa shape index (κ3) is 5.19. The van der Waals surface area contributed by atoms with Crippen LogP contribution < -0.4 is 4.90 Å². The highest BCUT2D eigenvalue weighted by atomic mass is 16.3. The molecule has 0 fully saturated rings. The van der Waals surface area contributed by atoms with E-state index in [1.807, 2.05) is 6.07 Å². The summed E-state index contributed by atoms with van der Waals surface area (Å²) in [5.74, 6) is 0. The summed E-state index contributed by atoms with van der Waals surface area (Å²) in [6.07, 6.45) is 0. The molecule has 0 spiro atoms. The average molecular weight is 714 g/mol. The van der Waals surface area contributed by atoms with Gasteiger partial charge in [-0.25, -0.2) is 0 Å². The number of para-hydroxylation sites is 1. The van der Waals surface area contributed by atoms with E-state index in [0.717, 1.165) is 61.3 Å². The maximum absolute atomic E-state index is 6.62. The topological polar surface area (TPSA) is 16.4 Å². The largest absolute Gasteiger partial charge is 0.455 e. The van der Waals surface area contributed by atoms with Gasteiger partial charge in [0.1, 0.15) is 11.2 Å². The second kappa shape index (κ2) is 13.2. The molecular weight excluding hydrogens is 679 g/mol. The SMILES string of the molecule is c1ccc(-c2ccc(N(c3ccc(-c4ccc(-c5ccccc5)c5oc6ccccc6c45)cc3)c3cccc4c3ccc3ccccc34)c3ccccc23)cc1. The van der Waals surface area contributed by atoms with Crippen molar-refractivity contribution in [3.05, 3.63) is 212 Å².